The lowest BCUT2D eigenvalue weighted by atomic mass is 10.1. The summed E-state index contributed by atoms with van der Waals surface area (Å²) in [7, 11) is 0. The molecular weight excluding hydrogens is 472 g/mol. The van der Waals surface area contributed by atoms with Crippen molar-refractivity contribution in [1.29, 1.82) is 0 Å². The number of imidazole rings is 1. The molecule has 3 aromatic rings. The monoisotopic (exact) mass is 508 g/mol. The Morgan fingerprint density at radius 3 is 2.39 bits per heavy atom. The van der Waals surface area contributed by atoms with Gasteiger partial charge in [0, 0.05) is 29.8 Å². The summed E-state index contributed by atoms with van der Waals surface area (Å²) < 4.78 is 13.0. The molecule has 0 N–H and O–H groups in total. The largest absolute Gasteiger partial charge is 0.460 e. The fourth-order valence-corrected chi connectivity index (χ4v) is 4.45. The van der Waals surface area contributed by atoms with E-state index in [4.69, 9.17) is 14.5 Å². The Morgan fingerprint density at radius 2 is 1.78 bits per heavy atom. The van der Waals surface area contributed by atoms with E-state index in [0.29, 0.717) is 24.1 Å². The van der Waals surface area contributed by atoms with Gasteiger partial charge in [-0.1, -0.05) is 31.5 Å². The molecule has 7 heteroatoms. The van der Waals surface area contributed by atoms with Crippen molar-refractivity contribution in [3.05, 3.63) is 81.1 Å². The van der Waals surface area contributed by atoms with E-state index >= 15 is 0 Å². The molecule has 0 aliphatic rings. The van der Waals surface area contributed by atoms with E-state index in [-0.39, 0.29) is 24.1 Å². The number of ether oxygens (including phenoxy) is 2. The van der Waals surface area contributed by atoms with E-state index in [2.05, 4.69) is 11.5 Å². The first-order valence-electron chi connectivity index (χ1n) is 12.5. The van der Waals surface area contributed by atoms with Gasteiger partial charge in [-0.15, -0.1) is 11.3 Å². The fraction of sp³-hybridized carbons (Fsp3) is 0.414. The summed E-state index contributed by atoms with van der Waals surface area (Å²) in [6, 6.07) is 11.5. The predicted molar refractivity (Wildman–Crippen MR) is 144 cm³/mol. The molecule has 1 aromatic carbocycles. The first-order valence-corrected chi connectivity index (χ1v) is 13.4. The second-order valence-corrected chi connectivity index (χ2v) is 10.4. The summed E-state index contributed by atoms with van der Waals surface area (Å²) in [5.74, 6) is 0.335. The average molecular weight is 509 g/mol. The Labute approximate surface area is 218 Å². The molecule has 0 unspecified atom stereocenters. The van der Waals surface area contributed by atoms with E-state index in [1.54, 1.807) is 23.5 Å². The number of thiophene rings is 1. The highest BCUT2D eigenvalue weighted by Crippen LogP contribution is 2.21. The van der Waals surface area contributed by atoms with Crippen LogP contribution in [0.1, 0.15) is 79.8 Å². The van der Waals surface area contributed by atoms with Crippen molar-refractivity contribution in [1.82, 2.24) is 9.55 Å². The first-order chi connectivity index (χ1) is 17.3. The molecule has 0 atom stereocenters. The number of carbonyl (C=O) groups excluding carboxylic acids is 2. The Morgan fingerprint density at radius 1 is 1.06 bits per heavy atom. The van der Waals surface area contributed by atoms with Gasteiger partial charge in [0.15, 0.2) is 0 Å². The van der Waals surface area contributed by atoms with Gasteiger partial charge in [0.25, 0.3) is 0 Å². The van der Waals surface area contributed by atoms with E-state index in [0.717, 1.165) is 41.2 Å². The van der Waals surface area contributed by atoms with Gasteiger partial charge in [0.05, 0.1) is 29.7 Å². The van der Waals surface area contributed by atoms with Crippen molar-refractivity contribution >= 4 is 29.4 Å². The number of carbonyl (C=O) groups is 2. The van der Waals surface area contributed by atoms with Crippen molar-refractivity contribution in [2.24, 2.45) is 0 Å². The second kappa shape index (κ2) is 13.2. The lowest BCUT2D eigenvalue weighted by Gasteiger charge is -2.14. The Hall–Kier alpha value is -3.19. The maximum atomic E-state index is 13.0. The number of aromatic nitrogens is 2. The van der Waals surface area contributed by atoms with Gasteiger partial charge in [0.2, 0.25) is 0 Å². The van der Waals surface area contributed by atoms with Crippen LogP contribution in [0.2, 0.25) is 0 Å². The zero-order chi connectivity index (χ0) is 26.1. The SMILES string of the molecule is CCCCc1ncc(/C=C(\Cc2cccs2)C(=O)OC(C)C)n1Cc1ccc(C(=O)OC(C)C)cc1. The van der Waals surface area contributed by atoms with Crippen LogP contribution in [0.4, 0.5) is 0 Å². The van der Waals surface area contributed by atoms with Crippen molar-refractivity contribution in [2.45, 2.75) is 79.1 Å². The third-order valence-corrected chi connectivity index (χ3v) is 6.34. The van der Waals surface area contributed by atoms with Crippen LogP contribution in [0.5, 0.6) is 0 Å². The van der Waals surface area contributed by atoms with Crippen LogP contribution >= 0.6 is 11.3 Å². The van der Waals surface area contributed by atoms with Gasteiger partial charge < -0.3 is 14.0 Å². The van der Waals surface area contributed by atoms with Gasteiger partial charge in [-0.25, -0.2) is 14.6 Å². The molecular formula is C29H36N2O4S. The van der Waals surface area contributed by atoms with E-state index in [1.807, 2.05) is 69.6 Å². The van der Waals surface area contributed by atoms with Gasteiger partial charge in [-0.3, -0.25) is 0 Å². The second-order valence-electron chi connectivity index (χ2n) is 9.32. The third kappa shape index (κ3) is 7.92. The molecule has 0 amide bonds. The predicted octanol–water partition coefficient (Wildman–Crippen LogP) is 6.48. The number of rotatable bonds is 12. The molecule has 0 aliphatic heterocycles. The molecule has 0 saturated carbocycles. The van der Waals surface area contributed by atoms with Gasteiger partial charge in [-0.05, 0) is 69.3 Å². The number of aryl methyl sites for hydroxylation is 1. The number of hydrogen-bond donors (Lipinski definition) is 0. The van der Waals surface area contributed by atoms with Gasteiger partial charge in [-0.2, -0.15) is 0 Å². The highest BCUT2D eigenvalue weighted by Gasteiger charge is 2.17. The van der Waals surface area contributed by atoms with Crippen LogP contribution in [0.3, 0.4) is 0 Å². The van der Waals surface area contributed by atoms with Crippen LogP contribution in [0.15, 0.2) is 53.5 Å². The summed E-state index contributed by atoms with van der Waals surface area (Å²) in [6.07, 6.45) is 6.81. The lowest BCUT2D eigenvalue weighted by Crippen LogP contribution is -2.15. The minimum atomic E-state index is -0.326. The zero-order valence-corrected chi connectivity index (χ0v) is 22.6. The number of benzene rings is 1. The van der Waals surface area contributed by atoms with E-state index in [9.17, 15) is 9.59 Å². The van der Waals surface area contributed by atoms with Crippen LogP contribution < -0.4 is 0 Å². The van der Waals surface area contributed by atoms with Gasteiger partial charge >= 0.3 is 11.9 Å². The summed E-state index contributed by atoms with van der Waals surface area (Å²) in [5, 5.41) is 2.01. The van der Waals surface area contributed by atoms with Crippen molar-refractivity contribution in [2.75, 3.05) is 0 Å². The first kappa shape index (κ1) is 27.4. The summed E-state index contributed by atoms with van der Waals surface area (Å²) in [5.41, 5.74) is 3.02. The standard InChI is InChI=1S/C29H36N2O4S/c1-6-7-10-27-30-18-25(16-24(29(33)35-21(4)5)17-26-9-8-15-36-26)31(27)19-22-11-13-23(14-12-22)28(32)34-20(2)3/h8-9,11-16,18,20-21H,6-7,10,17,19H2,1-5H3/b24-16+. The maximum absolute atomic E-state index is 13.0. The van der Waals surface area contributed by atoms with Gasteiger partial charge in [0.1, 0.15) is 5.82 Å². The molecule has 2 heterocycles. The zero-order valence-electron chi connectivity index (χ0n) is 21.8. The molecule has 2 aromatic heterocycles. The molecule has 0 saturated heterocycles. The smallest absolute Gasteiger partial charge is 0.338 e. The maximum Gasteiger partial charge on any atom is 0.338 e. The van der Waals surface area contributed by atoms with Crippen molar-refractivity contribution < 1.29 is 19.1 Å². The van der Waals surface area contributed by atoms with Crippen LogP contribution in [-0.4, -0.2) is 33.7 Å². The Bertz CT molecular complexity index is 1160. The molecule has 0 spiro atoms. The van der Waals surface area contributed by atoms with Crippen LogP contribution in [0.25, 0.3) is 6.08 Å². The molecule has 0 bridgehead atoms. The number of hydrogen-bond acceptors (Lipinski definition) is 6. The number of nitrogens with zero attached hydrogens (tertiary/aromatic N) is 2. The van der Waals surface area contributed by atoms with E-state index < -0.39 is 0 Å². The fourth-order valence-electron chi connectivity index (χ4n) is 3.72. The molecule has 36 heavy (non-hydrogen) atoms. The van der Waals surface area contributed by atoms with Crippen LogP contribution in [-0.2, 0) is 33.7 Å². The average Bonchev–Trinajstić information content (AvgIpc) is 3.47. The third-order valence-electron chi connectivity index (χ3n) is 5.47. The molecule has 0 fully saturated rings. The molecule has 0 radical (unpaired) electrons. The molecule has 3 rings (SSSR count). The summed E-state index contributed by atoms with van der Waals surface area (Å²) >= 11 is 1.62. The number of unbranched alkanes of at least 4 members (excludes halogenated alkanes) is 1. The quantitative estimate of drug-likeness (QED) is 0.207. The van der Waals surface area contributed by atoms with Crippen molar-refractivity contribution in [3.63, 3.8) is 0 Å². The normalized spacial score (nSPS) is 11.8. The highest BCUT2D eigenvalue weighted by atomic mass is 32.1. The van der Waals surface area contributed by atoms with E-state index in [1.165, 1.54) is 0 Å². The summed E-state index contributed by atoms with van der Waals surface area (Å²) in [4.78, 5) is 31.0. The molecule has 192 valence electrons. The molecule has 6 nitrogen and oxygen atoms in total. The minimum Gasteiger partial charge on any atom is -0.460 e. The lowest BCUT2D eigenvalue weighted by molar-refractivity contribution is -0.142. The van der Waals surface area contributed by atoms with Crippen LogP contribution in [0, 0.1) is 0 Å². The Kier molecular flexibility index (Phi) is 10.1. The van der Waals surface area contributed by atoms with Crippen molar-refractivity contribution in [3.8, 4) is 0 Å². The summed E-state index contributed by atoms with van der Waals surface area (Å²) in [6.45, 7) is 10.1. The minimum absolute atomic E-state index is 0.163. The highest BCUT2D eigenvalue weighted by molar-refractivity contribution is 7.09. The molecule has 0 aliphatic carbocycles. The number of esters is 2. The topological polar surface area (TPSA) is 70.4 Å². The Balaban J connectivity index is 1.93.